The highest BCUT2D eigenvalue weighted by Crippen LogP contribution is 2.19. The van der Waals surface area contributed by atoms with E-state index in [1.165, 1.54) is 0 Å². The van der Waals surface area contributed by atoms with E-state index in [-0.39, 0.29) is 0 Å². The number of benzene rings is 2. The van der Waals surface area contributed by atoms with Gasteiger partial charge in [0, 0.05) is 11.1 Å². The molecule has 2 rings (SSSR count). The van der Waals surface area contributed by atoms with Gasteiger partial charge in [0.2, 0.25) is 0 Å². The Balaban J connectivity index is 1.98. The molecule has 2 aromatic carbocycles. The van der Waals surface area contributed by atoms with Crippen LogP contribution in [0, 0.1) is 0 Å². The third kappa shape index (κ3) is 4.38. The summed E-state index contributed by atoms with van der Waals surface area (Å²) in [5, 5.41) is 0. The van der Waals surface area contributed by atoms with Crippen LogP contribution in [0.5, 0.6) is 11.5 Å². The lowest BCUT2D eigenvalue weighted by Crippen LogP contribution is -1.85. The summed E-state index contributed by atoms with van der Waals surface area (Å²) in [6.07, 6.45) is 12.0. The summed E-state index contributed by atoms with van der Waals surface area (Å²) >= 11 is 0. The fourth-order valence-electron chi connectivity index (χ4n) is 2.05. The molecule has 0 aliphatic heterocycles. The van der Waals surface area contributed by atoms with Gasteiger partial charge in [-0.05, 0) is 12.1 Å². The molecule has 0 saturated carbocycles. The van der Waals surface area contributed by atoms with Crippen LogP contribution < -0.4 is 9.47 Å². The normalized spacial score (nSPS) is 11.5. The number of allylic oxidation sites excluding steroid dienone is 4. The topological polar surface area (TPSA) is 18.5 Å². The lowest BCUT2D eigenvalue weighted by atomic mass is 10.1. The van der Waals surface area contributed by atoms with Crippen LogP contribution in [-0.4, -0.2) is 14.2 Å². The quantitative estimate of drug-likeness (QED) is 0.699. The van der Waals surface area contributed by atoms with Gasteiger partial charge in [-0.25, -0.2) is 0 Å². The summed E-state index contributed by atoms with van der Waals surface area (Å²) in [6, 6.07) is 15.8. The Kier molecular flexibility index (Phi) is 6.06. The molecule has 0 atom stereocenters. The zero-order valence-corrected chi connectivity index (χ0v) is 12.9. The molecule has 0 bridgehead atoms. The lowest BCUT2D eigenvalue weighted by Gasteiger charge is -2.02. The maximum atomic E-state index is 5.30. The van der Waals surface area contributed by atoms with Crippen LogP contribution in [-0.2, 0) is 0 Å². The first-order chi connectivity index (χ1) is 10.8. The van der Waals surface area contributed by atoms with E-state index >= 15 is 0 Å². The minimum atomic E-state index is 0.872. The van der Waals surface area contributed by atoms with Crippen molar-refractivity contribution in [1.29, 1.82) is 0 Å². The molecule has 2 aromatic rings. The summed E-state index contributed by atoms with van der Waals surface area (Å²) in [4.78, 5) is 0. The van der Waals surface area contributed by atoms with Crippen LogP contribution in [0.25, 0.3) is 12.2 Å². The monoisotopic (exact) mass is 292 g/mol. The molecule has 0 N–H and O–H groups in total. The highest BCUT2D eigenvalue weighted by Gasteiger charge is 1.95. The van der Waals surface area contributed by atoms with Gasteiger partial charge in [0.1, 0.15) is 11.5 Å². The predicted octanol–water partition coefficient (Wildman–Crippen LogP) is 4.99. The van der Waals surface area contributed by atoms with E-state index in [2.05, 4.69) is 0 Å². The third-order valence-corrected chi connectivity index (χ3v) is 3.16. The Morgan fingerprint density at radius 1 is 0.591 bits per heavy atom. The van der Waals surface area contributed by atoms with Crippen LogP contribution in [0.15, 0.2) is 72.8 Å². The average molecular weight is 292 g/mol. The van der Waals surface area contributed by atoms with Crippen molar-refractivity contribution >= 4 is 12.2 Å². The van der Waals surface area contributed by atoms with E-state index in [9.17, 15) is 0 Å². The second-order valence-electron chi connectivity index (χ2n) is 4.59. The molecule has 2 heteroatoms. The maximum Gasteiger partial charge on any atom is 0.126 e. The summed E-state index contributed by atoms with van der Waals surface area (Å²) in [5.74, 6) is 1.74. The van der Waals surface area contributed by atoms with E-state index in [4.69, 9.17) is 9.47 Å². The van der Waals surface area contributed by atoms with Crippen molar-refractivity contribution < 1.29 is 9.47 Å². The SMILES string of the molecule is COc1ccccc1/C=C/C=C/C=C/c1ccccc1OC. The first-order valence-corrected chi connectivity index (χ1v) is 7.12. The summed E-state index contributed by atoms with van der Waals surface area (Å²) in [6.45, 7) is 0. The first kappa shape index (κ1) is 15.6. The van der Waals surface area contributed by atoms with E-state index in [1.54, 1.807) is 14.2 Å². The molecule has 0 heterocycles. The van der Waals surface area contributed by atoms with Crippen molar-refractivity contribution in [2.24, 2.45) is 0 Å². The zero-order valence-electron chi connectivity index (χ0n) is 12.9. The van der Waals surface area contributed by atoms with Gasteiger partial charge < -0.3 is 9.47 Å². The van der Waals surface area contributed by atoms with Crippen molar-refractivity contribution in [2.75, 3.05) is 14.2 Å². The summed E-state index contributed by atoms with van der Waals surface area (Å²) < 4.78 is 10.6. The molecule has 0 amide bonds. The Bertz CT molecular complexity index is 622. The van der Waals surface area contributed by atoms with Gasteiger partial charge in [-0.15, -0.1) is 0 Å². The standard InChI is InChI=1S/C20H20O2/c1-21-19-15-9-7-13-17(19)11-5-3-4-6-12-18-14-8-10-16-20(18)22-2/h3-16H,1-2H3/b4-3+,11-5+,12-6+. The van der Waals surface area contributed by atoms with E-state index in [1.807, 2.05) is 85.0 Å². The van der Waals surface area contributed by atoms with E-state index in [0.29, 0.717) is 0 Å². The average Bonchev–Trinajstić information content (AvgIpc) is 2.58. The Morgan fingerprint density at radius 3 is 1.41 bits per heavy atom. The fourth-order valence-corrected chi connectivity index (χ4v) is 2.05. The number of hydrogen-bond acceptors (Lipinski definition) is 2. The predicted molar refractivity (Wildman–Crippen MR) is 93.2 cm³/mol. The van der Waals surface area contributed by atoms with E-state index < -0.39 is 0 Å². The largest absolute Gasteiger partial charge is 0.496 e. The molecule has 112 valence electrons. The van der Waals surface area contributed by atoms with Crippen LogP contribution in [0.4, 0.5) is 0 Å². The third-order valence-electron chi connectivity index (χ3n) is 3.16. The molecule has 22 heavy (non-hydrogen) atoms. The second-order valence-corrected chi connectivity index (χ2v) is 4.59. The molecule has 0 aliphatic carbocycles. The van der Waals surface area contributed by atoms with Gasteiger partial charge in [-0.2, -0.15) is 0 Å². The summed E-state index contributed by atoms with van der Waals surface area (Å²) in [7, 11) is 3.36. The molecule has 2 nitrogen and oxygen atoms in total. The van der Waals surface area contributed by atoms with Crippen molar-refractivity contribution in [3.63, 3.8) is 0 Å². The second kappa shape index (κ2) is 8.53. The molecular weight excluding hydrogens is 272 g/mol. The number of para-hydroxylation sites is 2. The summed E-state index contributed by atoms with van der Waals surface area (Å²) in [5.41, 5.74) is 2.12. The van der Waals surface area contributed by atoms with Crippen LogP contribution in [0.2, 0.25) is 0 Å². The van der Waals surface area contributed by atoms with Crippen LogP contribution >= 0.6 is 0 Å². The van der Waals surface area contributed by atoms with Crippen LogP contribution in [0.1, 0.15) is 11.1 Å². The van der Waals surface area contributed by atoms with Crippen molar-refractivity contribution in [2.45, 2.75) is 0 Å². The van der Waals surface area contributed by atoms with E-state index in [0.717, 1.165) is 22.6 Å². The van der Waals surface area contributed by atoms with Crippen LogP contribution in [0.3, 0.4) is 0 Å². The van der Waals surface area contributed by atoms with Gasteiger partial charge in [-0.1, -0.05) is 72.9 Å². The Morgan fingerprint density at radius 2 is 1.00 bits per heavy atom. The van der Waals surface area contributed by atoms with Crippen molar-refractivity contribution in [3.05, 3.63) is 84.0 Å². The molecule has 0 unspecified atom stereocenters. The molecule has 0 aliphatic rings. The number of ether oxygens (including phenoxy) is 2. The first-order valence-electron chi connectivity index (χ1n) is 7.12. The smallest absolute Gasteiger partial charge is 0.126 e. The molecule has 0 spiro atoms. The highest BCUT2D eigenvalue weighted by molar-refractivity contribution is 5.60. The number of hydrogen-bond donors (Lipinski definition) is 0. The number of rotatable bonds is 6. The van der Waals surface area contributed by atoms with Crippen molar-refractivity contribution in [1.82, 2.24) is 0 Å². The molecule has 0 saturated heterocycles. The van der Waals surface area contributed by atoms with Gasteiger partial charge in [0.15, 0.2) is 0 Å². The minimum Gasteiger partial charge on any atom is -0.496 e. The highest BCUT2D eigenvalue weighted by atomic mass is 16.5. The minimum absolute atomic E-state index is 0.872. The molecule has 0 aromatic heterocycles. The Hall–Kier alpha value is -2.74. The molecule has 0 radical (unpaired) electrons. The van der Waals surface area contributed by atoms with Gasteiger partial charge in [-0.3, -0.25) is 0 Å². The van der Waals surface area contributed by atoms with Crippen molar-refractivity contribution in [3.8, 4) is 11.5 Å². The lowest BCUT2D eigenvalue weighted by molar-refractivity contribution is 0.414. The fraction of sp³-hybridized carbons (Fsp3) is 0.100. The number of methoxy groups -OCH3 is 2. The Labute approximate surface area is 132 Å². The molecule has 0 fully saturated rings. The zero-order chi connectivity index (χ0) is 15.6. The van der Waals surface area contributed by atoms with Gasteiger partial charge in [0.05, 0.1) is 14.2 Å². The van der Waals surface area contributed by atoms with Gasteiger partial charge in [0.25, 0.3) is 0 Å². The molecular formula is C20H20O2. The van der Waals surface area contributed by atoms with Gasteiger partial charge >= 0.3 is 0 Å². The maximum absolute atomic E-state index is 5.30.